The van der Waals surface area contributed by atoms with E-state index in [1.165, 1.54) is 0 Å². The van der Waals surface area contributed by atoms with E-state index in [-0.39, 0.29) is 11.6 Å². The zero-order valence-corrected chi connectivity index (χ0v) is 7.95. The number of fused-ring (bicyclic) bond motifs is 2. The molecule has 6 heteroatoms. The van der Waals surface area contributed by atoms with Crippen molar-refractivity contribution in [3.63, 3.8) is 0 Å². The van der Waals surface area contributed by atoms with Crippen molar-refractivity contribution < 1.29 is 9.34 Å². The van der Waals surface area contributed by atoms with Crippen molar-refractivity contribution in [2.24, 2.45) is 0 Å². The lowest BCUT2D eigenvalue weighted by Gasteiger charge is -1.99. The number of hydrogen-bond acceptors (Lipinski definition) is 5. The largest absolute Gasteiger partial charge is 0.446 e. The molecule has 1 aromatic carbocycles. The summed E-state index contributed by atoms with van der Waals surface area (Å²) >= 11 is 0. The van der Waals surface area contributed by atoms with Crippen molar-refractivity contribution in [1.29, 1.82) is 0 Å². The van der Waals surface area contributed by atoms with Crippen molar-refractivity contribution >= 4 is 16.8 Å². The topological polar surface area (TPSA) is 82.1 Å². The quantitative estimate of drug-likeness (QED) is 0.459. The van der Waals surface area contributed by atoms with Crippen LogP contribution in [-0.4, -0.2) is 15.1 Å². The smallest absolute Gasteiger partial charge is 0.435 e. The zero-order chi connectivity index (χ0) is 11.1. The molecule has 0 aromatic heterocycles. The summed E-state index contributed by atoms with van der Waals surface area (Å²) in [7, 11) is 0. The Balaban J connectivity index is 2.40. The first-order chi connectivity index (χ1) is 7.75. The zero-order valence-electron chi connectivity index (χ0n) is 7.95. The highest BCUT2D eigenvalue weighted by Gasteiger charge is 2.27. The van der Waals surface area contributed by atoms with Crippen LogP contribution >= 0.6 is 0 Å². The van der Waals surface area contributed by atoms with Crippen LogP contribution in [0, 0.1) is 10.1 Å². The van der Waals surface area contributed by atoms with Gasteiger partial charge in [0.05, 0.1) is 5.10 Å². The SMILES string of the molecule is O=[N+]([O-])c1nnc2cc3ccccc3oc1-2. The van der Waals surface area contributed by atoms with Crippen LogP contribution < -0.4 is 0 Å². The third kappa shape index (κ3) is 1.13. The number of nitro groups is 1. The van der Waals surface area contributed by atoms with Crippen LogP contribution in [-0.2, 0) is 0 Å². The van der Waals surface area contributed by atoms with Crippen molar-refractivity contribution in [2.75, 3.05) is 0 Å². The molecule has 0 amide bonds. The van der Waals surface area contributed by atoms with Gasteiger partial charge < -0.3 is 14.5 Å². The second-order valence-corrected chi connectivity index (χ2v) is 3.28. The van der Waals surface area contributed by atoms with E-state index in [0.29, 0.717) is 11.3 Å². The Morgan fingerprint density at radius 2 is 2.06 bits per heavy atom. The lowest BCUT2D eigenvalue weighted by molar-refractivity contribution is -0.389. The molecule has 0 N–H and O–H groups in total. The minimum Gasteiger partial charge on any atom is -0.446 e. The minimum absolute atomic E-state index is 0.115. The van der Waals surface area contributed by atoms with Gasteiger partial charge in [0, 0.05) is 5.39 Å². The first-order valence-corrected chi connectivity index (χ1v) is 4.55. The average Bonchev–Trinajstić information content (AvgIpc) is 2.68. The Bertz CT molecular complexity index is 662. The molecule has 0 unspecified atom stereocenters. The Labute approximate surface area is 89.0 Å². The summed E-state index contributed by atoms with van der Waals surface area (Å²) in [5, 5.41) is 18.7. The van der Waals surface area contributed by atoms with Gasteiger partial charge in [-0.15, -0.1) is 0 Å². The van der Waals surface area contributed by atoms with E-state index in [0.717, 1.165) is 5.39 Å². The van der Waals surface area contributed by atoms with Gasteiger partial charge in [-0.2, -0.15) is 0 Å². The molecule has 1 aromatic rings. The number of rotatable bonds is 1. The Morgan fingerprint density at radius 1 is 1.25 bits per heavy atom. The average molecular weight is 215 g/mol. The van der Waals surface area contributed by atoms with Crippen LogP contribution in [0.5, 0.6) is 0 Å². The predicted octanol–water partition coefficient (Wildman–Crippen LogP) is 2.24. The van der Waals surface area contributed by atoms with Crippen molar-refractivity contribution in [1.82, 2.24) is 10.2 Å². The summed E-state index contributed by atoms with van der Waals surface area (Å²) < 4.78 is 5.41. The summed E-state index contributed by atoms with van der Waals surface area (Å²) in [5.41, 5.74) is 0.971. The molecule has 2 aliphatic rings. The van der Waals surface area contributed by atoms with Gasteiger partial charge in [0.15, 0.2) is 5.69 Å². The molecule has 2 aliphatic heterocycles. The number of nitrogens with zero attached hydrogens (tertiary/aromatic N) is 3. The van der Waals surface area contributed by atoms with E-state index < -0.39 is 4.92 Å². The van der Waals surface area contributed by atoms with Crippen LogP contribution in [0.4, 0.5) is 5.82 Å². The molecule has 16 heavy (non-hydrogen) atoms. The van der Waals surface area contributed by atoms with Gasteiger partial charge in [-0.25, -0.2) is 0 Å². The fourth-order valence-corrected chi connectivity index (χ4v) is 1.57. The normalized spacial score (nSPS) is 11.0. The third-order valence-electron chi connectivity index (χ3n) is 2.28. The first-order valence-electron chi connectivity index (χ1n) is 4.55. The summed E-state index contributed by atoms with van der Waals surface area (Å²) in [5.74, 6) is -0.232. The Morgan fingerprint density at radius 3 is 2.88 bits per heavy atom. The molecule has 6 nitrogen and oxygen atoms in total. The predicted molar refractivity (Wildman–Crippen MR) is 55.1 cm³/mol. The van der Waals surface area contributed by atoms with Crippen LogP contribution in [0.3, 0.4) is 0 Å². The van der Waals surface area contributed by atoms with Gasteiger partial charge in [-0.1, -0.05) is 18.2 Å². The fraction of sp³-hybridized carbons (Fsp3) is 0. The van der Waals surface area contributed by atoms with E-state index in [2.05, 4.69) is 10.2 Å². The van der Waals surface area contributed by atoms with Crippen molar-refractivity contribution in [3.05, 3.63) is 40.4 Å². The summed E-state index contributed by atoms with van der Waals surface area (Å²) in [6, 6.07) is 8.96. The molecule has 78 valence electrons. The molecule has 2 heterocycles. The standard InChI is InChI=1S/C10H5N3O3/c14-13(15)10-9-7(11-12-10)5-6-3-1-2-4-8(6)16-9/h1-5H. The molecule has 0 radical (unpaired) electrons. The molecular formula is C10H5N3O3. The van der Waals surface area contributed by atoms with Crippen LogP contribution in [0.15, 0.2) is 34.7 Å². The highest BCUT2D eigenvalue weighted by molar-refractivity contribution is 5.83. The maximum atomic E-state index is 10.7. The van der Waals surface area contributed by atoms with Gasteiger partial charge >= 0.3 is 5.82 Å². The van der Waals surface area contributed by atoms with Gasteiger partial charge in [0.25, 0.3) is 5.76 Å². The first kappa shape index (κ1) is 8.78. The van der Waals surface area contributed by atoms with E-state index >= 15 is 0 Å². The number of para-hydroxylation sites is 1. The number of hydrogen-bond donors (Lipinski definition) is 0. The highest BCUT2D eigenvalue weighted by atomic mass is 16.6. The van der Waals surface area contributed by atoms with Crippen LogP contribution in [0.1, 0.15) is 0 Å². The van der Waals surface area contributed by atoms with E-state index in [1.54, 1.807) is 18.2 Å². The molecule has 0 spiro atoms. The minimum atomic E-state index is -0.604. The lowest BCUT2D eigenvalue weighted by atomic mass is 10.2. The molecule has 0 bridgehead atoms. The maximum absolute atomic E-state index is 10.7. The van der Waals surface area contributed by atoms with Crippen LogP contribution in [0.2, 0.25) is 0 Å². The summed E-state index contributed by atoms with van der Waals surface area (Å²) in [4.78, 5) is 10.1. The Hall–Kier alpha value is -2.50. The van der Waals surface area contributed by atoms with Gasteiger partial charge in [0.2, 0.25) is 0 Å². The Kier molecular flexibility index (Phi) is 1.64. The number of benzene rings is 1. The second kappa shape index (κ2) is 2.99. The van der Waals surface area contributed by atoms with Gasteiger partial charge in [-0.3, -0.25) is 0 Å². The highest BCUT2D eigenvalue weighted by Crippen LogP contribution is 2.32. The molecule has 0 saturated carbocycles. The lowest BCUT2D eigenvalue weighted by Crippen LogP contribution is -1.89. The number of aromatic nitrogens is 2. The molecular weight excluding hydrogens is 210 g/mol. The van der Waals surface area contributed by atoms with E-state index in [4.69, 9.17) is 4.42 Å². The monoisotopic (exact) mass is 215 g/mol. The van der Waals surface area contributed by atoms with Crippen molar-refractivity contribution in [3.8, 4) is 11.5 Å². The van der Waals surface area contributed by atoms with Crippen molar-refractivity contribution in [2.45, 2.75) is 0 Å². The fourth-order valence-electron chi connectivity index (χ4n) is 1.57. The maximum Gasteiger partial charge on any atom is 0.435 e. The third-order valence-corrected chi connectivity index (χ3v) is 2.28. The summed E-state index contributed by atoms with van der Waals surface area (Å²) in [6.07, 6.45) is 0. The molecule has 0 atom stereocenters. The molecule has 0 aliphatic carbocycles. The van der Waals surface area contributed by atoms with Gasteiger partial charge in [0.1, 0.15) is 5.58 Å². The van der Waals surface area contributed by atoms with E-state index in [1.807, 2.05) is 12.1 Å². The molecule has 3 rings (SSSR count). The van der Waals surface area contributed by atoms with Crippen LogP contribution in [0.25, 0.3) is 22.4 Å². The molecule has 0 fully saturated rings. The second-order valence-electron chi connectivity index (χ2n) is 3.28. The summed E-state index contributed by atoms with van der Waals surface area (Å²) in [6.45, 7) is 0. The molecule has 0 saturated heterocycles. The van der Waals surface area contributed by atoms with E-state index in [9.17, 15) is 10.1 Å². The van der Waals surface area contributed by atoms with Gasteiger partial charge in [-0.05, 0) is 22.2 Å².